The summed E-state index contributed by atoms with van der Waals surface area (Å²) in [6.45, 7) is 6.16. The van der Waals surface area contributed by atoms with Crippen LogP contribution in [0.5, 0.6) is 5.75 Å². The van der Waals surface area contributed by atoms with Crippen LogP contribution in [0.25, 0.3) is 11.4 Å². The van der Waals surface area contributed by atoms with Crippen molar-refractivity contribution in [3.8, 4) is 17.1 Å². The molecule has 2 aromatic carbocycles. The molecule has 1 heterocycles. The lowest BCUT2D eigenvalue weighted by atomic mass is 9.97. The van der Waals surface area contributed by atoms with Crippen LogP contribution in [0, 0.1) is 0 Å². The van der Waals surface area contributed by atoms with Crippen LogP contribution < -0.4 is 10.1 Å². The second-order valence-electron chi connectivity index (χ2n) is 6.84. The minimum atomic E-state index is -0.334. The zero-order chi connectivity index (χ0) is 20.8. The second-order valence-corrected chi connectivity index (χ2v) is 8.15. The first-order chi connectivity index (χ1) is 14.0. The maximum absolute atomic E-state index is 12.7. The summed E-state index contributed by atoms with van der Waals surface area (Å²) in [7, 11) is 1.63. The number of nitrogens with one attached hydrogen (secondary N) is 2. The van der Waals surface area contributed by atoms with E-state index in [2.05, 4.69) is 40.4 Å². The number of aromatic amines is 1. The zero-order valence-electron chi connectivity index (χ0n) is 17.1. The SMILES string of the molecule is CC[C@@H](C)c1ccccc1NC(=O)[C@@H](C)Sc1n[nH]c(-c2ccc(OC)cc2)n1. The Hall–Kier alpha value is -2.80. The fourth-order valence-electron chi connectivity index (χ4n) is 2.88. The summed E-state index contributed by atoms with van der Waals surface area (Å²) in [5.74, 6) is 1.76. The fourth-order valence-corrected chi connectivity index (χ4v) is 3.61. The van der Waals surface area contributed by atoms with Gasteiger partial charge in [-0.2, -0.15) is 0 Å². The van der Waals surface area contributed by atoms with E-state index in [4.69, 9.17) is 4.74 Å². The van der Waals surface area contributed by atoms with Crippen molar-refractivity contribution in [3.05, 3.63) is 54.1 Å². The number of para-hydroxylation sites is 1. The van der Waals surface area contributed by atoms with E-state index in [0.29, 0.717) is 16.9 Å². The van der Waals surface area contributed by atoms with Crippen molar-refractivity contribution in [2.75, 3.05) is 12.4 Å². The number of thioether (sulfide) groups is 1. The Balaban J connectivity index is 1.65. The third-order valence-electron chi connectivity index (χ3n) is 4.84. The number of hydrogen-bond acceptors (Lipinski definition) is 5. The summed E-state index contributed by atoms with van der Waals surface area (Å²) in [5, 5.41) is 10.4. The van der Waals surface area contributed by atoms with Crippen LogP contribution in [0.15, 0.2) is 53.7 Å². The van der Waals surface area contributed by atoms with Crippen LogP contribution in [0.1, 0.15) is 38.7 Å². The predicted octanol–water partition coefficient (Wildman–Crippen LogP) is 5.11. The maximum Gasteiger partial charge on any atom is 0.237 e. The lowest BCUT2D eigenvalue weighted by Crippen LogP contribution is -2.23. The second kappa shape index (κ2) is 9.60. The van der Waals surface area contributed by atoms with Gasteiger partial charge in [0, 0.05) is 11.3 Å². The molecule has 0 fully saturated rings. The van der Waals surface area contributed by atoms with Crippen LogP contribution in [0.4, 0.5) is 5.69 Å². The summed E-state index contributed by atoms with van der Waals surface area (Å²) in [6, 6.07) is 15.5. The van der Waals surface area contributed by atoms with Crippen LogP contribution in [-0.4, -0.2) is 33.4 Å². The topological polar surface area (TPSA) is 79.9 Å². The third-order valence-corrected chi connectivity index (χ3v) is 5.80. The van der Waals surface area contributed by atoms with E-state index < -0.39 is 0 Å². The molecule has 0 aliphatic heterocycles. The lowest BCUT2D eigenvalue weighted by molar-refractivity contribution is -0.115. The molecule has 1 aromatic heterocycles. The molecule has 3 rings (SSSR count). The Morgan fingerprint density at radius 1 is 1.17 bits per heavy atom. The summed E-state index contributed by atoms with van der Waals surface area (Å²) in [6.07, 6.45) is 1.02. The highest BCUT2D eigenvalue weighted by Gasteiger charge is 2.19. The standard InChI is InChI=1S/C22H26N4O2S/c1-5-14(2)18-8-6-7-9-19(18)23-21(27)15(3)29-22-24-20(25-26-22)16-10-12-17(28-4)13-11-16/h6-15H,5H2,1-4H3,(H,23,27)(H,24,25,26)/t14-,15-/m1/s1. The molecular weight excluding hydrogens is 384 g/mol. The first-order valence-electron chi connectivity index (χ1n) is 9.65. The largest absolute Gasteiger partial charge is 0.497 e. The van der Waals surface area contributed by atoms with Gasteiger partial charge in [-0.1, -0.05) is 43.8 Å². The monoisotopic (exact) mass is 410 g/mol. The molecule has 0 bridgehead atoms. The molecule has 1 amide bonds. The number of hydrogen-bond donors (Lipinski definition) is 2. The van der Waals surface area contributed by atoms with Gasteiger partial charge in [-0.05, 0) is 55.2 Å². The Bertz CT molecular complexity index is 955. The summed E-state index contributed by atoms with van der Waals surface area (Å²) in [5.41, 5.74) is 2.93. The average Bonchev–Trinajstić information content (AvgIpc) is 3.22. The van der Waals surface area contributed by atoms with Crippen LogP contribution >= 0.6 is 11.8 Å². The van der Waals surface area contributed by atoms with Crippen molar-refractivity contribution in [2.45, 2.75) is 43.5 Å². The van der Waals surface area contributed by atoms with Crippen LogP contribution in [-0.2, 0) is 4.79 Å². The van der Waals surface area contributed by atoms with Gasteiger partial charge >= 0.3 is 0 Å². The van der Waals surface area contributed by atoms with E-state index in [-0.39, 0.29) is 11.2 Å². The molecule has 6 nitrogen and oxygen atoms in total. The molecule has 0 radical (unpaired) electrons. The van der Waals surface area contributed by atoms with Crippen molar-refractivity contribution < 1.29 is 9.53 Å². The molecule has 0 saturated carbocycles. The number of ether oxygens (including phenoxy) is 1. The van der Waals surface area contributed by atoms with E-state index >= 15 is 0 Å². The molecule has 29 heavy (non-hydrogen) atoms. The lowest BCUT2D eigenvalue weighted by Gasteiger charge is -2.17. The molecule has 0 saturated heterocycles. The van der Waals surface area contributed by atoms with Crippen molar-refractivity contribution in [2.24, 2.45) is 0 Å². The van der Waals surface area contributed by atoms with Gasteiger partial charge in [0.15, 0.2) is 5.82 Å². The maximum atomic E-state index is 12.7. The first-order valence-corrected chi connectivity index (χ1v) is 10.5. The van der Waals surface area contributed by atoms with E-state index in [1.165, 1.54) is 11.8 Å². The van der Waals surface area contributed by atoms with Gasteiger partial charge in [-0.3, -0.25) is 9.89 Å². The highest BCUT2D eigenvalue weighted by Crippen LogP contribution is 2.28. The van der Waals surface area contributed by atoms with Gasteiger partial charge in [0.05, 0.1) is 12.4 Å². The van der Waals surface area contributed by atoms with E-state index in [1.807, 2.05) is 49.4 Å². The minimum Gasteiger partial charge on any atom is -0.497 e. The van der Waals surface area contributed by atoms with E-state index in [0.717, 1.165) is 29.0 Å². The van der Waals surface area contributed by atoms with Gasteiger partial charge in [0.2, 0.25) is 11.1 Å². The number of benzene rings is 2. The van der Waals surface area contributed by atoms with Gasteiger partial charge < -0.3 is 10.1 Å². The molecule has 2 N–H and O–H groups in total. The van der Waals surface area contributed by atoms with Gasteiger partial charge in [-0.25, -0.2) is 4.98 Å². The number of rotatable bonds is 8. The molecule has 0 unspecified atom stereocenters. The molecule has 2 atom stereocenters. The predicted molar refractivity (Wildman–Crippen MR) is 117 cm³/mol. The van der Waals surface area contributed by atoms with Crippen LogP contribution in [0.2, 0.25) is 0 Å². The van der Waals surface area contributed by atoms with Crippen molar-refractivity contribution in [1.29, 1.82) is 0 Å². The molecule has 0 aliphatic rings. The summed E-state index contributed by atoms with van der Waals surface area (Å²) < 4.78 is 5.17. The average molecular weight is 411 g/mol. The van der Waals surface area contributed by atoms with E-state index in [9.17, 15) is 4.79 Å². The number of aromatic nitrogens is 3. The Labute approximate surface area is 175 Å². The normalized spacial score (nSPS) is 13.0. The van der Waals surface area contributed by atoms with Gasteiger partial charge in [0.1, 0.15) is 5.75 Å². The molecule has 3 aromatic rings. The number of carbonyl (C=O) groups is 1. The number of carbonyl (C=O) groups excluding carboxylic acids is 1. The number of anilines is 1. The number of amides is 1. The van der Waals surface area contributed by atoms with Gasteiger partial charge in [0.25, 0.3) is 0 Å². The van der Waals surface area contributed by atoms with Crippen molar-refractivity contribution >= 4 is 23.4 Å². The quantitative estimate of drug-likeness (QED) is 0.504. The van der Waals surface area contributed by atoms with Crippen molar-refractivity contribution in [3.63, 3.8) is 0 Å². The number of methoxy groups -OCH3 is 1. The third kappa shape index (κ3) is 5.17. The zero-order valence-corrected chi connectivity index (χ0v) is 17.9. The molecule has 0 spiro atoms. The number of H-pyrrole nitrogens is 1. The van der Waals surface area contributed by atoms with Crippen molar-refractivity contribution in [1.82, 2.24) is 15.2 Å². The minimum absolute atomic E-state index is 0.0680. The fraction of sp³-hybridized carbons (Fsp3) is 0.318. The van der Waals surface area contributed by atoms with Crippen LogP contribution in [0.3, 0.4) is 0 Å². The summed E-state index contributed by atoms with van der Waals surface area (Å²) in [4.78, 5) is 17.2. The highest BCUT2D eigenvalue weighted by molar-refractivity contribution is 8.00. The van der Waals surface area contributed by atoms with E-state index in [1.54, 1.807) is 7.11 Å². The summed E-state index contributed by atoms with van der Waals surface area (Å²) >= 11 is 1.32. The highest BCUT2D eigenvalue weighted by atomic mass is 32.2. The Morgan fingerprint density at radius 2 is 1.90 bits per heavy atom. The molecular formula is C22H26N4O2S. The Kier molecular flexibility index (Phi) is 6.93. The smallest absolute Gasteiger partial charge is 0.237 e. The first kappa shape index (κ1) is 20.9. The Morgan fingerprint density at radius 3 is 2.59 bits per heavy atom. The number of nitrogens with zero attached hydrogens (tertiary/aromatic N) is 2. The molecule has 152 valence electrons. The van der Waals surface area contributed by atoms with Gasteiger partial charge in [-0.15, -0.1) is 5.10 Å². The molecule has 7 heteroatoms. The molecule has 0 aliphatic carbocycles.